The predicted octanol–water partition coefficient (Wildman–Crippen LogP) is 2.61. The Morgan fingerprint density at radius 2 is 1.95 bits per heavy atom. The van der Waals surface area contributed by atoms with Crippen molar-refractivity contribution in [1.29, 1.82) is 0 Å². The van der Waals surface area contributed by atoms with E-state index in [1.807, 2.05) is 0 Å². The summed E-state index contributed by atoms with van der Waals surface area (Å²) in [6.07, 6.45) is 4.63. The van der Waals surface area contributed by atoms with Crippen LogP contribution in [0.15, 0.2) is 0 Å². The molecule has 2 heterocycles. The van der Waals surface area contributed by atoms with Crippen LogP contribution in [0.25, 0.3) is 0 Å². The number of ether oxygens (including phenoxy) is 3. The molecule has 2 saturated heterocycles. The van der Waals surface area contributed by atoms with Crippen LogP contribution in [-0.2, 0) is 14.2 Å². The summed E-state index contributed by atoms with van der Waals surface area (Å²) in [6.45, 7) is 9.95. The fourth-order valence-electron chi connectivity index (χ4n) is 4.04. The quantitative estimate of drug-likeness (QED) is 0.818. The molecule has 4 nitrogen and oxygen atoms in total. The van der Waals surface area contributed by atoms with Gasteiger partial charge in [-0.05, 0) is 51.5 Å². The van der Waals surface area contributed by atoms with Crippen LogP contribution in [0, 0.1) is 11.8 Å². The lowest BCUT2D eigenvalue weighted by atomic mass is 9.75. The minimum atomic E-state index is 0.0595. The fraction of sp³-hybridized carbons (Fsp3) is 1.00. The van der Waals surface area contributed by atoms with Crippen molar-refractivity contribution < 1.29 is 14.2 Å². The third-order valence-corrected chi connectivity index (χ3v) is 5.15. The first kappa shape index (κ1) is 17.2. The van der Waals surface area contributed by atoms with Gasteiger partial charge in [0.25, 0.3) is 0 Å². The van der Waals surface area contributed by atoms with Crippen LogP contribution in [0.1, 0.15) is 46.5 Å². The summed E-state index contributed by atoms with van der Waals surface area (Å²) >= 11 is 0. The van der Waals surface area contributed by atoms with Crippen molar-refractivity contribution in [3.05, 3.63) is 0 Å². The van der Waals surface area contributed by atoms with E-state index < -0.39 is 0 Å². The second-order valence-electron chi connectivity index (χ2n) is 6.88. The van der Waals surface area contributed by atoms with E-state index in [1.165, 1.54) is 0 Å². The van der Waals surface area contributed by atoms with Crippen molar-refractivity contribution >= 4 is 0 Å². The smallest absolute Gasteiger partial charge is 0.0753 e. The van der Waals surface area contributed by atoms with E-state index in [0.29, 0.717) is 17.9 Å². The maximum atomic E-state index is 6.18. The second-order valence-corrected chi connectivity index (χ2v) is 6.88. The van der Waals surface area contributed by atoms with Crippen LogP contribution in [0.5, 0.6) is 0 Å². The lowest BCUT2D eigenvalue weighted by Gasteiger charge is -2.47. The Morgan fingerprint density at radius 1 is 1.24 bits per heavy atom. The van der Waals surface area contributed by atoms with Crippen molar-refractivity contribution in [2.45, 2.75) is 64.2 Å². The molecule has 124 valence electrons. The van der Waals surface area contributed by atoms with E-state index in [4.69, 9.17) is 14.2 Å². The maximum Gasteiger partial charge on any atom is 0.0753 e. The molecule has 0 saturated carbocycles. The highest BCUT2D eigenvalue weighted by Crippen LogP contribution is 2.39. The molecule has 0 bridgehead atoms. The monoisotopic (exact) mass is 299 g/mol. The second kappa shape index (κ2) is 7.91. The van der Waals surface area contributed by atoms with Crippen molar-refractivity contribution in [2.24, 2.45) is 11.8 Å². The molecule has 3 unspecified atom stereocenters. The molecular formula is C17H33NO3. The summed E-state index contributed by atoms with van der Waals surface area (Å²) in [5.74, 6) is 1.15. The normalized spacial score (nSPS) is 28.7. The van der Waals surface area contributed by atoms with Gasteiger partial charge in [0.05, 0.1) is 11.7 Å². The third kappa shape index (κ3) is 4.19. The first-order chi connectivity index (χ1) is 10.1. The van der Waals surface area contributed by atoms with E-state index in [1.54, 1.807) is 0 Å². The summed E-state index contributed by atoms with van der Waals surface area (Å²) in [5, 5.41) is 3.55. The zero-order valence-electron chi connectivity index (χ0n) is 14.2. The molecule has 0 radical (unpaired) electrons. The summed E-state index contributed by atoms with van der Waals surface area (Å²) in [7, 11) is 2.07. The first-order valence-electron chi connectivity index (χ1n) is 8.62. The molecule has 0 aromatic rings. The number of nitrogens with one attached hydrogen (secondary N) is 1. The highest BCUT2D eigenvalue weighted by atomic mass is 16.5. The van der Waals surface area contributed by atoms with Crippen LogP contribution < -0.4 is 5.32 Å². The van der Waals surface area contributed by atoms with Crippen LogP contribution >= 0.6 is 0 Å². The first-order valence-corrected chi connectivity index (χ1v) is 8.62. The summed E-state index contributed by atoms with van der Waals surface area (Å²) in [6, 6.07) is 0.411. The molecule has 0 aromatic carbocycles. The van der Waals surface area contributed by atoms with Crippen molar-refractivity contribution in [1.82, 2.24) is 5.32 Å². The zero-order chi connectivity index (χ0) is 15.3. The fourth-order valence-corrected chi connectivity index (χ4v) is 4.04. The third-order valence-electron chi connectivity index (χ3n) is 5.15. The van der Waals surface area contributed by atoms with E-state index in [9.17, 15) is 0 Å². The number of hydrogen-bond donors (Lipinski definition) is 1. The Bertz CT molecular complexity index is 297. The molecule has 2 aliphatic heterocycles. The number of hydrogen-bond acceptors (Lipinski definition) is 4. The Labute approximate surface area is 129 Å². The Balaban J connectivity index is 2.05. The lowest BCUT2D eigenvalue weighted by molar-refractivity contribution is -0.156. The van der Waals surface area contributed by atoms with Gasteiger partial charge in [-0.2, -0.15) is 0 Å². The molecule has 2 fully saturated rings. The van der Waals surface area contributed by atoms with E-state index in [2.05, 4.69) is 33.1 Å². The number of rotatable bonds is 6. The van der Waals surface area contributed by atoms with Crippen LogP contribution in [0.2, 0.25) is 0 Å². The molecule has 1 spiro atoms. The van der Waals surface area contributed by atoms with E-state index in [0.717, 1.165) is 52.1 Å². The van der Waals surface area contributed by atoms with Crippen molar-refractivity contribution in [3.8, 4) is 0 Å². The Kier molecular flexibility index (Phi) is 6.48. The van der Waals surface area contributed by atoms with Gasteiger partial charge < -0.3 is 19.5 Å². The molecule has 3 atom stereocenters. The largest absolute Gasteiger partial charge is 0.381 e. The van der Waals surface area contributed by atoms with E-state index >= 15 is 0 Å². The van der Waals surface area contributed by atoms with Gasteiger partial charge in [0.15, 0.2) is 0 Å². The highest BCUT2D eigenvalue weighted by molar-refractivity contribution is 4.95. The predicted molar refractivity (Wildman–Crippen MR) is 84.6 cm³/mol. The zero-order valence-corrected chi connectivity index (χ0v) is 14.2. The molecule has 0 amide bonds. The van der Waals surface area contributed by atoms with Gasteiger partial charge in [-0.3, -0.25) is 0 Å². The molecular weight excluding hydrogens is 266 g/mol. The lowest BCUT2D eigenvalue weighted by Crippen LogP contribution is -2.53. The molecule has 0 aliphatic carbocycles. The topological polar surface area (TPSA) is 39.7 Å². The minimum Gasteiger partial charge on any atom is -0.381 e. The van der Waals surface area contributed by atoms with Crippen molar-refractivity contribution in [3.63, 3.8) is 0 Å². The van der Waals surface area contributed by atoms with Gasteiger partial charge in [0, 0.05) is 32.5 Å². The van der Waals surface area contributed by atoms with Gasteiger partial charge in [-0.15, -0.1) is 0 Å². The highest BCUT2D eigenvalue weighted by Gasteiger charge is 2.43. The molecule has 4 heteroatoms. The molecule has 1 N–H and O–H groups in total. The molecule has 0 aromatic heterocycles. The standard InChI is InChI=1S/C17H33NO3/c1-5-20-16(13(2)3)15(18-4)14-6-9-21-17(12-14)7-10-19-11-8-17/h13-16,18H,5-12H2,1-4H3. The molecule has 21 heavy (non-hydrogen) atoms. The average molecular weight is 299 g/mol. The van der Waals surface area contributed by atoms with Crippen LogP contribution in [-0.4, -0.2) is 51.2 Å². The average Bonchev–Trinajstić information content (AvgIpc) is 2.48. The van der Waals surface area contributed by atoms with Gasteiger partial charge in [-0.25, -0.2) is 0 Å². The number of likely N-dealkylation sites (N-methyl/N-ethyl adjacent to an activating group) is 1. The minimum absolute atomic E-state index is 0.0595. The Hall–Kier alpha value is -0.160. The van der Waals surface area contributed by atoms with Crippen molar-refractivity contribution in [2.75, 3.05) is 33.5 Å². The van der Waals surface area contributed by atoms with Gasteiger partial charge in [0.2, 0.25) is 0 Å². The van der Waals surface area contributed by atoms with Gasteiger partial charge in [-0.1, -0.05) is 13.8 Å². The molecule has 2 rings (SSSR count). The molecule has 2 aliphatic rings. The Morgan fingerprint density at radius 3 is 2.52 bits per heavy atom. The summed E-state index contributed by atoms with van der Waals surface area (Å²) in [4.78, 5) is 0. The maximum absolute atomic E-state index is 6.18. The summed E-state index contributed by atoms with van der Waals surface area (Å²) in [5.41, 5.74) is 0.0595. The van der Waals surface area contributed by atoms with E-state index in [-0.39, 0.29) is 11.7 Å². The van der Waals surface area contributed by atoms with Crippen LogP contribution in [0.3, 0.4) is 0 Å². The van der Waals surface area contributed by atoms with Gasteiger partial charge in [0.1, 0.15) is 0 Å². The van der Waals surface area contributed by atoms with Gasteiger partial charge >= 0.3 is 0 Å². The summed E-state index contributed by atoms with van der Waals surface area (Å²) < 4.78 is 17.8. The van der Waals surface area contributed by atoms with Crippen LogP contribution in [0.4, 0.5) is 0 Å². The SMILES string of the molecule is CCOC(C(C)C)C(NC)C1CCOC2(CCOCC2)C1.